The number of amides is 1. The molecule has 5 atom stereocenters. The number of nitrogens with two attached hydrogens (primary N) is 1. The number of hydrogen-bond acceptors (Lipinski definition) is 7. The number of carbonyl (C=O) groups excluding carboxylic acids is 5. The van der Waals surface area contributed by atoms with E-state index in [-0.39, 0.29) is 30.6 Å². The van der Waals surface area contributed by atoms with Crippen LogP contribution in [0.3, 0.4) is 0 Å². The quantitative estimate of drug-likeness (QED) is 0.336. The molecular formula is C26H23NO7. The molecular weight excluding hydrogens is 438 g/mol. The average molecular weight is 461 g/mol. The van der Waals surface area contributed by atoms with Crippen molar-refractivity contribution in [2.45, 2.75) is 44.1 Å². The number of phenols is 1. The SMILES string of the molecule is C#CCCCC#Cc1ccc(O)c2c1C[C@H]1C[C@H]3CC(=O)C(C(N)=O)C(=O)[C@@]3(O)C(=O)C1C2=O. The van der Waals surface area contributed by atoms with E-state index in [1.807, 2.05) is 0 Å². The van der Waals surface area contributed by atoms with Crippen molar-refractivity contribution in [3.8, 4) is 29.9 Å². The summed E-state index contributed by atoms with van der Waals surface area (Å²) in [5.74, 6) is -1.72. The lowest BCUT2D eigenvalue weighted by molar-refractivity contribution is -0.175. The molecule has 0 bridgehead atoms. The van der Waals surface area contributed by atoms with Crippen LogP contribution in [0.15, 0.2) is 12.1 Å². The number of Topliss-reactive ketones (excluding diaryl/α,β-unsaturated/α-hetero) is 4. The summed E-state index contributed by atoms with van der Waals surface area (Å²) >= 11 is 0. The number of unbranched alkanes of at least 4 members (excludes halogenated alkanes) is 2. The van der Waals surface area contributed by atoms with Gasteiger partial charge in [-0.1, -0.05) is 11.8 Å². The normalized spacial score (nSPS) is 29.8. The fraction of sp³-hybridized carbons (Fsp3) is 0.423. The van der Waals surface area contributed by atoms with E-state index in [0.717, 1.165) is 6.42 Å². The monoisotopic (exact) mass is 461 g/mol. The predicted octanol–water partition coefficient (Wildman–Crippen LogP) is 0.482. The van der Waals surface area contributed by atoms with Crippen LogP contribution >= 0.6 is 0 Å². The maximum Gasteiger partial charge on any atom is 0.235 e. The Balaban J connectivity index is 1.73. The first-order chi connectivity index (χ1) is 16.1. The van der Waals surface area contributed by atoms with Gasteiger partial charge in [-0.05, 0) is 42.9 Å². The number of aliphatic hydroxyl groups is 1. The highest BCUT2D eigenvalue weighted by Crippen LogP contribution is 2.50. The van der Waals surface area contributed by atoms with Crippen molar-refractivity contribution >= 4 is 29.0 Å². The second-order valence-electron chi connectivity index (χ2n) is 9.08. The first-order valence-electron chi connectivity index (χ1n) is 11.1. The van der Waals surface area contributed by atoms with E-state index >= 15 is 0 Å². The third-order valence-electron chi connectivity index (χ3n) is 7.13. The maximum atomic E-state index is 13.4. The molecule has 8 heteroatoms. The van der Waals surface area contributed by atoms with Gasteiger partial charge in [0, 0.05) is 30.7 Å². The van der Waals surface area contributed by atoms with Crippen molar-refractivity contribution in [1.29, 1.82) is 0 Å². The molecule has 174 valence electrons. The third-order valence-corrected chi connectivity index (χ3v) is 7.13. The van der Waals surface area contributed by atoms with Crippen molar-refractivity contribution in [1.82, 2.24) is 0 Å². The van der Waals surface area contributed by atoms with Crippen LogP contribution in [0.5, 0.6) is 5.75 Å². The van der Waals surface area contributed by atoms with Crippen LogP contribution in [0.1, 0.15) is 53.6 Å². The highest BCUT2D eigenvalue weighted by atomic mass is 16.3. The van der Waals surface area contributed by atoms with Gasteiger partial charge in [-0.3, -0.25) is 24.0 Å². The molecule has 2 fully saturated rings. The van der Waals surface area contributed by atoms with Gasteiger partial charge in [0.2, 0.25) is 5.91 Å². The molecule has 0 aliphatic heterocycles. The molecule has 4 N–H and O–H groups in total. The van der Waals surface area contributed by atoms with Crippen LogP contribution < -0.4 is 5.73 Å². The molecule has 4 rings (SSSR count). The molecule has 0 spiro atoms. The number of carbonyl (C=O) groups is 5. The number of hydrogen-bond donors (Lipinski definition) is 3. The fourth-order valence-electron chi connectivity index (χ4n) is 5.52. The Bertz CT molecular complexity index is 1240. The zero-order chi connectivity index (χ0) is 24.8. The number of rotatable bonds is 3. The summed E-state index contributed by atoms with van der Waals surface area (Å²) in [6.07, 6.45) is 6.98. The Morgan fingerprint density at radius 1 is 1.15 bits per heavy atom. The summed E-state index contributed by atoms with van der Waals surface area (Å²) < 4.78 is 0. The largest absolute Gasteiger partial charge is 0.507 e. The maximum absolute atomic E-state index is 13.4. The van der Waals surface area contributed by atoms with Gasteiger partial charge in [-0.2, -0.15) is 0 Å². The van der Waals surface area contributed by atoms with Gasteiger partial charge in [-0.25, -0.2) is 0 Å². The van der Waals surface area contributed by atoms with E-state index in [2.05, 4.69) is 17.8 Å². The second kappa shape index (κ2) is 8.55. The molecule has 0 radical (unpaired) electrons. The van der Waals surface area contributed by atoms with Gasteiger partial charge < -0.3 is 15.9 Å². The summed E-state index contributed by atoms with van der Waals surface area (Å²) in [4.78, 5) is 63.8. The lowest BCUT2D eigenvalue weighted by Gasteiger charge is -2.48. The van der Waals surface area contributed by atoms with Crippen LogP contribution in [0.4, 0.5) is 0 Å². The molecule has 2 saturated carbocycles. The van der Waals surface area contributed by atoms with E-state index in [1.54, 1.807) is 6.07 Å². The van der Waals surface area contributed by atoms with Crippen LogP contribution in [0.25, 0.3) is 0 Å². The number of ketones is 4. The van der Waals surface area contributed by atoms with E-state index in [9.17, 15) is 34.2 Å². The minimum atomic E-state index is -2.65. The van der Waals surface area contributed by atoms with E-state index in [4.69, 9.17) is 12.2 Å². The summed E-state index contributed by atoms with van der Waals surface area (Å²) in [5.41, 5.74) is 3.51. The summed E-state index contributed by atoms with van der Waals surface area (Å²) in [6.45, 7) is 0. The number of benzene rings is 1. The van der Waals surface area contributed by atoms with Crippen molar-refractivity contribution < 1.29 is 34.2 Å². The zero-order valence-electron chi connectivity index (χ0n) is 18.3. The van der Waals surface area contributed by atoms with Crippen LogP contribution in [-0.4, -0.2) is 44.9 Å². The first kappa shape index (κ1) is 23.4. The molecule has 8 nitrogen and oxygen atoms in total. The minimum absolute atomic E-state index is 0.0474. The molecule has 2 unspecified atom stereocenters. The van der Waals surface area contributed by atoms with Crippen molar-refractivity contribution in [2.75, 3.05) is 0 Å². The van der Waals surface area contributed by atoms with Gasteiger partial charge >= 0.3 is 0 Å². The Kier molecular flexibility index (Phi) is 5.89. The minimum Gasteiger partial charge on any atom is -0.507 e. The molecule has 3 aliphatic carbocycles. The summed E-state index contributed by atoms with van der Waals surface area (Å²) in [7, 11) is 0. The van der Waals surface area contributed by atoms with Crippen molar-refractivity contribution in [3.05, 3.63) is 28.8 Å². The van der Waals surface area contributed by atoms with E-state index < -0.39 is 58.3 Å². The third kappa shape index (κ3) is 3.43. The van der Waals surface area contributed by atoms with Gasteiger partial charge in [0.05, 0.1) is 11.5 Å². The molecule has 0 aromatic heterocycles. The second-order valence-corrected chi connectivity index (χ2v) is 9.08. The fourth-order valence-corrected chi connectivity index (χ4v) is 5.52. The molecule has 1 aromatic carbocycles. The number of primary amides is 1. The Morgan fingerprint density at radius 2 is 1.88 bits per heavy atom. The van der Waals surface area contributed by atoms with E-state index in [0.29, 0.717) is 24.0 Å². The van der Waals surface area contributed by atoms with Crippen LogP contribution in [0.2, 0.25) is 0 Å². The molecule has 1 aromatic rings. The molecule has 3 aliphatic rings. The van der Waals surface area contributed by atoms with Crippen molar-refractivity contribution in [2.24, 2.45) is 29.4 Å². The lowest BCUT2D eigenvalue weighted by Crippen LogP contribution is -2.68. The predicted molar refractivity (Wildman–Crippen MR) is 118 cm³/mol. The summed E-state index contributed by atoms with van der Waals surface area (Å²) in [5, 5.41) is 21.6. The van der Waals surface area contributed by atoms with Gasteiger partial charge in [0.15, 0.2) is 34.7 Å². The number of aromatic hydroxyl groups is 1. The van der Waals surface area contributed by atoms with Gasteiger partial charge in [-0.15, -0.1) is 12.3 Å². The topological polar surface area (TPSA) is 152 Å². The number of phenolic OH excluding ortho intramolecular Hbond substituents is 1. The molecule has 1 amide bonds. The Hall–Kier alpha value is -3.75. The summed E-state index contributed by atoms with van der Waals surface area (Å²) in [6, 6.07) is 2.92. The van der Waals surface area contributed by atoms with Gasteiger partial charge in [0.1, 0.15) is 5.75 Å². The average Bonchev–Trinajstić information content (AvgIpc) is 2.77. The highest BCUT2D eigenvalue weighted by Gasteiger charge is 2.66. The zero-order valence-corrected chi connectivity index (χ0v) is 18.3. The molecule has 34 heavy (non-hydrogen) atoms. The Labute approximate surface area is 195 Å². The smallest absolute Gasteiger partial charge is 0.235 e. The van der Waals surface area contributed by atoms with Crippen LogP contribution in [-0.2, 0) is 25.6 Å². The number of fused-ring (bicyclic) bond motifs is 3. The van der Waals surface area contributed by atoms with Crippen molar-refractivity contribution in [3.63, 3.8) is 0 Å². The standard InChI is InChI=1S/C26H23NO7/c1-2-3-4-5-6-7-13-8-9-17(28)20-16(13)11-14-10-15-12-18(29)21(25(27)33)24(32)26(15,34)23(31)19(14)22(20)30/h1,8-9,14-15,19,21,28,34H,3-5,10-12H2,(H2,27,33)/t14-,15+,19?,21?,26+/m1/s1. The number of terminal acetylenes is 1. The Morgan fingerprint density at radius 3 is 2.56 bits per heavy atom. The molecule has 0 heterocycles. The molecule has 0 saturated heterocycles. The highest BCUT2D eigenvalue weighted by molar-refractivity contribution is 6.31. The van der Waals surface area contributed by atoms with Crippen LogP contribution in [0, 0.1) is 47.9 Å². The lowest BCUT2D eigenvalue weighted by atomic mass is 9.53. The van der Waals surface area contributed by atoms with Gasteiger partial charge in [0.25, 0.3) is 0 Å². The van der Waals surface area contributed by atoms with E-state index in [1.165, 1.54) is 6.07 Å². The first-order valence-corrected chi connectivity index (χ1v) is 11.1.